The summed E-state index contributed by atoms with van der Waals surface area (Å²) in [6.45, 7) is 2.42. The van der Waals surface area contributed by atoms with Gasteiger partial charge in [0.1, 0.15) is 5.54 Å². The van der Waals surface area contributed by atoms with Gasteiger partial charge in [-0.2, -0.15) is 0 Å². The van der Waals surface area contributed by atoms with E-state index in [-0.39, 0.29) is 5.97 Å². The van der Waals surface area contributed by atoms with Gasteiger partial charge in [0.25, 0.3) is 0 Å². The van der Waals surface area contributed by atoms with Gasteiger partial charge in [-0.3, -0.25) is 5.32 Å². The first kappa shape index (κ1) is 15.7. The van der Waals surface area contributed by atoms with Crippen molar-refractivity contribution in [3.63, 3.8) is 0 Å². The zero-order chi connectivity index (χ0) is 14.6. The van der Waals surface area contributed by atoms with E-state index >= 15 is 0 Å². The molecule has 0 aliphatic heterocycles. The summed E-state index contributed by atoms with van der Waals surface area (Å²) in [5, 5.41) is 3.59. The number of esters is 1. The minimum atomic E-state index is -0.502. The summed E-state index contributed by atoms with van der Waals surface area (Å²) in [5.41, 5.74) is -0.502. The molecular weight excluding hydrogens is 256 g/mol. The number of rotatable bonds is 10. The summed E-state index contributed by atoms with van der Waals surface area (Å²) in [6.07, 6.45) is 5.59. The Morgan fingerprint density at radius 2 is 2.00 bits per heavy atom. The van der Waals surface area contributed by atoms with Gasteiger partial charge >= 0.3 is 5.97 Å². The van der Waals surface area contributed by atoms with Crippen LogP contribution in [0.1, 0.15) is 32.1 Å². The van der Waals surface area contributed by atoms with Crippen molar-refractivity contribution in [1.29, 1.82) is 0 Å². The third-order valence-electron chi connectivity index (χ3n) is 4.27. The van der Waals surface area contributed by atoms with Crippen LogP contribution in [0.4, 0.5) is 0 Å². The molecule has 5 heteroatoms. The minimum Gasteiger partial charge on any atom is -0.468 e. The molecule has 0 bridgehead atoms. The van der Waals surface area contributed by atoms with E-state index in [1.165, 1.54) is 20.0 Å². The number of carbonyl (C=O) groups is 1. The van der Waals surface area contributed by atoms with Gasteiger partial charge in [-0.25, -0.2) is 4.79 Å². The molecule has 0 amide bonds. The lowest BCUT2D eigenvalue weighted by molar-refractivity contribution is -0.150. The number of hydrogen-bond acceptors (Lipinski definition) is 5. The molecule has 1 unspecified atom stereocenters. The number of likely N-dealkylation sites (N-methyl/N-ethyl adjacent to an activating group) is 1. The number of methoxy groups -OCH3 is 2. The van der Waals surface area contributed by atoms with E-state index in [1.54, 1.807) is 7.11 Å². The fourth-order valence-electron chi connectivity index (χ4n) is 2.92. The zero-order valence-electron chi connectivity index (χ0n) is 13.0. The fourth-order valence-corrected chi connectivity index (χ4v) is 2.92. The maximum atomic E-state index is 12.4. The standard InChI is InChI=1S/C15H28N2O3/c1-17(9-4-10-19-2)11-15(12-5-6-12,14(18)20-3)16-13-7-8-13/h12-13,16H,4-11H2,1-3H3. The van der Waals surface area contributed by atoms with E-state index in [1.807, 2.05) is 0 Å². The molecule has 116 valence electrons. The highest BCUT2D eigenvalue weighted by Crippen LogP contribution is 2.42. The Labute approximate surface area is 122 Å². The highest BCUT2D eigenvalue weighted by molar-refractivity contribution is 5.82. The highest BCUT2D eigenvalue weighted by atomic mass is 16.5. The largest absolute Gasteiger partial charge is 0.468 e. The molecule has 0 aromatic carbocycles. The number of carbonyl (C=O) groups excluding carboxylic acids is 1. The predicted molar refractivity (Wildman–Crippen MR) is 77.6 cm³/mol. The van der Waals surface area contributed by atoms with Gasteiger partial charge in [0.05, 0.1) is 7.11 Å². The third kappa shape index (κ3) is 3.93. The van der Waals surface area contributed by atoms with Gasteiger partial charge in [-0.1, -0.05) is 0 Å². The van der Waals surface area contributed by atoms with Crippen LogP contribution < -0.4 is 5.32 Å². The topological polar surface area (TPSA) is 50.8 Å². The second-order valence-corrected chi connectivity index (χ2v) is 6.24. The number of hydrogen-bond donors (Lipinski definition) is 1. The summed E-state index contributed by atoms with van der Waals surface area (Å²) in [5.74, 6) is 0.339. The lowest BCUT2D eigenvalue weighted by Crippen LogP contribution is -2.61. The van der Waals surface area contributed by atoms with Crippen molar-refractivity contribution in [2.75, 3.05) is 41.0 Å². The third-order valence-corrected chi connectivity index (χ3v) is 4.27. The first-order chi connectivity index (χ1) is 9.62. The van der Waals surface area contributed by atoms with Crippen LogP contribution in [0.5, 0.6) is 0 Å². The monoisotopic (exact) mass is 284 g/mol. The lowest BCUT2D eigenvalue weighted by Gasteiger charge is -2.36. The first-order valence-corrected chi connectivity index (χ1v) is 7.66. The second-order valence-electron chi connectivity index (χ2n) is 6.24. The zero-order valence-corrected chi connectivity index (χ0v) is 13.0. The molecule has 0 spiro atoms. The summed E-state index contributed by atoms with van der Waals surface area (Å²) < 4.78 is 10.2. The Morgan fingerprint density at radius 3 is 2.50 bits per heavy atom. The van der Waals surface area contributed by atoms with E-state index in [2.05, 4.69) is 17.3 Å². The predicted octanol–water partition coefficient (Wildman–Crippen LogP) is 1.03. The highest BCUT2D eigenvalue weighted by Gasteiger charge is 2.54. The van der Waals surface area contributed by atoms with Gasteiger partial charge < -0.3 is 14.4 Å². The molecule has 2 rings (SSSR count). The maximum absolute atomic E-state index is 12.4. The van der Waals surface area contributed by atoms with E-state index in [4.69, 9.17) is 9.47 Å². The average Bonchev–Trinajstić information content (AvgIpc) is 3.28. The molecule has 0 radical (unpaired) electrons. The Morgan fingerprint density at radius 1 is 1.30 bits per heavy atom. The molecule has 0 aromatic rings. The Bertz CT molecular complexity index is 329. The molecule has 2 fully saturated rings. The van der Waals surface area contributed by atoms with Crippen LogP contribution in [0.25, 0.3) is 0 Å². The van der Waals surface area contributed by atoms with E-state index in [0.717, 1.165) is 39.0 Å². The molecule has 0 saturated heterocycles. The molecule has 1 N–H and O–H groups in total. The summed E-state index contributed by atoms with van der Waals surface area (Å²) in [4.78, 5) is 14.6. The van der Waals surface area contributed by atoms with Crippen molar-refractivity contribution < 1.29 is 14.3 Å². The van der Waals surface area contributed by atoms with Gasteiger partial charge in [-0.15, -0.1) is 0 Å². The van der Waals surface area contributed by atoms with Crippen molar-refractivity contribution in [3.8, 4) is 0 Å². The summed E-state index contributed by atoms with van der Waals surface area (Å²) in [7, 11) is 5.29. The SMILES string of the molecule is COCCCN(C)CC(NC1CC1)(C(=O)OC)C1CC1. The summed E-state index contributed by atoms with van der Waals surface area (Å²) in [6, 6.07) is 0.502. The molecule has 2 aliphatic rings. The van der Waals surface area contributed by atoms with E-state index < -0.39 is 5.54 Å². The first-order valence-electron chi connectivity index (χ1n) is 7.66. The molecule has 0 heterocycles. The van der Waals surface area contributed by atoms with Crippen molar-refractivity contribution in [3.05, 3.63) is 0 Å². The van der Waals surface area contributed by atoms with Gasteiger partial charge in [0.15, 0.2) is 0 Å². The van der Waals surface area contributed by atoms with Crippen LogP contribution in [0.3, 0.4) is 0 Å². The molecule has 2 aliphatic carbocycles. The van der Waals surface area contributed by atoms with Gasteiger partial charge in [0.2, 0.25) is 0 Å². The van der Waals surface area contributed by atoms with Crippen LogP contribution in [-0.4, -0.2) is 63.4 Å². The van der Waals surface area contributed by atoms with Gasteiger partial charge in [0, 0.05) is 32.8 Å². The Kier molecular flexibility index (Phi) is 5.41. The van der Waals surface area contributed by atoms with Crippen LogP contribution >= 0.6 is 0 Å². The van der Waals surface area contributed by atoms with Crippen molar-refractivity contribution in [1.82, 2.24) is 10.2 Å². The smallest absolute Gasteiger partial charge is 0.327 e. The number of nitrogens with one attached hydrogen (secondary N) is 1. The van der Waals surface area contributed by atoms with Crippen LogP contribution in [-0.2, 0) is 14.3 Å². The van der Waals surface area contributed by atoms with E-state index in [0.29, 0.717) is 12.0 Å². The minimum absolute atomic E-state index is 0.0921. The summed E-state index contributed by atoms with van der Waals surface area (Å²) >= 11 is 0. The van der Waals surface area contributed by atoms with Crippen LogP contribution in [0.15, 0.2) is 0 Å². The quantitative estimate of drug-likeness (QED) is 0.480. The molecule has 20 heavy (non-hydrogen) atoms. The Hall–Kier alpha value is -0.650. The lowest BCUT2D eigenvalue weighted by atomic mass is 9.92. The van der Waals surface area contributed by atoms with Crippen molar-refractivity contribution in [2.24, 2.45) is 5.92 Å². The fraction of sp³-hybridized carbons (Fsp3) is 0.933. The van der Waals surface area contributed by atoms with Crippen LogP contribution in [0, 0.1) is 5.92 Å². The molecule has 0 aromatic heterocycles. The Balaban J connectivity index is 1.98. The number of ether oxygens (including phenoxy) is 2. The molecule has 5 nitrogen and oxygen atoms in total. The maximum Gasteiger partial charge on any atom is 0.327 e. The number of nitrogens with zero attached hydrogens (tertiary/aromatic N) is 1. The van der Waals surface area contributed by atoms with Crippen LogP contribution in [0.2, 0.25) is 0 Å². The average molecular weight is 284 g/mol. The van der Waals surface area contributed by atoms with Crippen molar-refractivity contribution in [2.45, 2.75) is 43.7 Å². The van der Waals surface area contributed by atoms with E-state index in [9.17, 15) is 4.79 Å². The molecular formula is C15H28N2O3. The molecule has 1 atom stereocenters. The normalized spacial score (nSPS) is 21.8. The van der Waals surface area contributed by atoms with Gasteiger partial charge in [-0.05, 0) is 45.1 Å². The second kappa shape index (κ2) is 6.87. The van der Waals surface area contributed by atoms with Crippen molar-refractivity contribution >= 4 is 5.97 Å². The molecule has 2 saturated carbocycles.